The fourth-order valence-corrected chi connectivity index (χ4v) is 6.27. The van der Waals surface area contributed by atoms with Gasteiger partial charge in [0.05, 0.1) is 6.04 Å². The molecule has 0 saturated carbocycles. The largest absolute Gasteiger partial charge is 0.480 e. The van der Waals surface area contributed by atoms with Gasteiger partial charge in [0.15, 0.2) is 17.9 Å². The number of aliphatic carboxylic acids is 1. The first-order valence-electron chi connectivity index (χ1n) is 22.4. The Kier molecular flexibility index (Phi) is 30.4. The Labute approximate surface area is 387 Å². The van der Waals surface area contributed by atoms with Gasteiger partial charge in [-0.1, -0.05) is 27.7 Å². The number of nitrogens with one attached hydrogen (secondary N) is 6. The quantitative estimate of drug-likeness (QED) is 0.0161. The Morgan fingerprint density at radius 3 is 1.05 bits per heavy atom. The van der Waals surface area contributed by atoms with Gasteiger partial charge in [-0.3, -0.25) is 43.7 Å². The van der Waals surface area contributed by atoms with Gasteiger partial charge in [0.2, 0.25) is 35.4 Å². The maximum atomic E-state index is 14.1. The Balaban J connectivity index is 6.68. The Morgan fingerprint density at radius 1 is 0.424 bits per heavy atom. The Hall–Kier alpha value is -6.02. The SMILES string of the molecule is CC(C)[C@H](N)C(=O)N[C@@H](CCCCN)C(=O)N[C@@H](CCCN=C(N)N)C(=O)N[C@@H](CCCN=C(N)N)C(=O)N[C@H](C(=O)N[C@@H](CCCCN)C(=O)N[C@@H](CCCN=C(N)N)C(=O)O)C(C)C. The van der Waals surface area contributed by atoms with Gasteiger partial charge >= 0.3 is 5.97 Å². The van der Waals surface area contributed by atoms with E-state index in [4.69, 9.17) is 51.6 Å². The number of hydrogen-bond acceptors (Lipinski definition) is 13. The number of guanidine groups is 3. The van der Waals surface area contributed by atoms with Crippen molar-refractivity contribution in [1.82, 2.24) is 31.9 Å². The van der Waals surface area contributed by atoms with Crippen molar-refractivity contribution in [2.24, 2.45) is 78.4 Å². The van der Waals surface area contributed by atoms with Crippen molar-refractivity contribution < 1.29 is 38.7 Å². The van der Waals surface area contributed by atoms with Crippen LogP contribution in [0.4, 0.5) is 0 Å². The molecule has 0 saturated heterocycles. The second-order valence-corrected chi connectivity index (χ2v) is 16.6. The minimum Gasteiger partial charge on any atom is -0.480 e. The van der Waals surface area contributed by atoms with E-state index in [-0.39, 0.29) is 94.8 Å². The maximum absolute atomic E-state index is 14.1. The van der Waals surface area contributed by atoms with Crippen LogP contribution in [0, 0.1) is 11.8 Å². The third-order valence-corrected chi connectivity index (χ3v) is 10.1. The lowest BCUT2D eigenvalue weighted by Crippen LogP contribution is -2.60. The van der Waals surface area contributed by atoms with Crippen LogP contribution in [0.1, 0.15) is 105 Å². The number of rotatable bonds is 35. The molecule has 0 radical (unpaired) electrons. The molecular formula is C40H80N18O8. The van der Waals surface area contributed by atoms with E-state index >= 15 is 0 Å². The normalized spacial score (nSPS) is 14.2. The molecule has 0 rings (SSSR count). The average molecular weight is 941 g/mol. The number of carboxylic acids is 1. The number of aliphatic imine (C=N–C) groups is 3. The fourth-order valence-electron chi connectivity index (χ4n) is 6.27. The van der Waals surface area contributed by atoms with Gasteiger partial charge in [0, 0.05) is 19.6 Å². The predicted molar refractivity (Wildman–Crippen MR) is 252 cm³/mol. The number of amides is 6. The van der Waals surface area contributed by atoms with Gasteiger partial charge in [-0.15, -0.1) is 0 Å². The van der Waals surface area contributed by atoms with E-state index in [0.717, 1.165) is 0 Å². The van der Waals surface area contributed by atoms with Gasteiger partial charge in [0.25, 0.3) is 0 Å². The molecule has 26 heteroatoms. The van der Waals surface area contributed by atoms with Crippen molar-refractivity contribution in [3.63, 3.8) is 0 Å². The van der Waals surface area contributed by atoms with Crippen LogP contribution in [0.25, 0.3) is 0 Å². The van der Waals surface area contributed by atoms with Crippen LogP contribution in [0.15, 0.2) is 15.0 Å². The number of hydrogen-bond donors (Lipinski definition) is 16. The average Bonchev–Trinajstić information content (AvgIpc) is 3.23. The maximum Gasteiger partial charge on any atom is 0.326 e. The lowest BCUT2D eigenvalue weighted by molar-refractivity contribution is -0.142. The van der Waals surface area contributed by atoms with E-state index in [1.807, 2.05) is 0 Å². The van der Waals surface area contributed by atoms with Crippen LogP contribution in [0.5, 0.6) is 0 Å². The van der Waals surface area contributed by atoms with Crippen molar-refractivity contribution in [2.75, 3.05) is 32.7 Å². The van der Waals surface area contributed by atoms with E-state index < -0.39 is 89.6 Å². The molecule has 0 unspecified atom stereocenters. The summed E-state index contributed by atoms with van der Waals surface area (Å²) >= 11 is 0. The molecule has 0 aromatic carbocycles. The molecular weight excluding hydrogens is 861 g/mol. The Bertz CT molecular complexity index is 1620. The zero-order valence-corrected chi connectivity index (χ0v) is 39.1. The zero-order valence-electron chi connectivity index (χ0n) is 39.1. The van der Waals surface area contributed by atoms with E-state index in [1.54, 1.807) is 27.7 Å². The molecule has 0 aliphatic heterocycles. The lowest BCUT2D eigenvalue weighted by atomic mass is 10.00. The van der Waals surface area contributed by atoms with E-state index in [9.17, 15) is 38.7 Å². The molecule has 0 aliphatic carbocycles. The highest BCUT2D eigenvalue weighted by Crippen LogP contribution is 2.11. The predicted octanol–water partition coefficient (Wildman–Crippen LogP) is -4.96. The molecule has 26 nitrogen and oxygen atoms in total. The summed E-state index contributed by atoms with van der Waals surface area (Å²) in [5.74, 6) is -7.03. The van der Waals surface area contributed by atoms with Gasteiger partial charge in [-0.2, -0.15) is 0 Å². The molecule has 0 aliphatic rings. The van der Waals surface area contributed by atoms with Crippen molar-refractivity contribution in [2.45, 2.75) is 147 Å². The highest BCUT2D eigenvalue weighted by atomic mass is 16.4. The molecule has 0 aromatic heterocycles. The molecule has 6 amide bonds. The topological polar surface area (TPSA) is 483 Å². The van der Waals surface area contributed by atoms with Gasteiger partial charge < -0.3 is 88.6 Å². The minimum absolute atomic E-state index is 0.00466. The molecule has 0 heterocycles. The summed E-state index contributed by atoms with van der Waals surface area (Å²) in [5.41, 5.74) is 50.1. The fraction of sp³-hybridized carbons (Fsp3) is 0.750. The number of carboxylic acid groups (broad SMARTS) is 1. The Morgan fingerprint density at radius 2 is 0.727 bits per heavy atom. The van der Waals surface area contributed by atoms with Crippen LogP contribution in [0.3, 0.4) is 0 Å². The first-order chi connectivity index (χ1) is 31.0. The van der Waals surface area contributed by atoms with E-state index in [1.165, 1.54) is 0 Å². The third-order valence-electron chi connectivity index (χ3n) is 10.1. The first-order valence-corrected chi connectivity index (χ1v) is 22.4. The monoisotopic (exact) mass is 941 g/mol. The third kappa shape index (κ3) is 26.1. The summed E-state index contributed by atoms with van der Waals surface area (Å²) in [6.07, 6.45) is 2.77. The summed E-state index contributed by atoms with van der Waals surface area (Å²) in [7, 11) is 0. The number of carbonyl (C=O) groups excluding carboxylic acids is 6. The molecule has 378 valence electrons. The summed E-state index contributed by atoms with van der Waals surface area (Å²) in [4.78, 5) is 106. The van der Waals surface area contributed by atoms with E-state index in [2.05, 4.69) is 46.9 Å². The molecule has 25 N–H and O–H groups in total. The zero-order chi connectivity index (χ0) is 50.4. The minimum atomic E-state index is -1.33. The smallest absolute Gasteiger partial charge is 0.326 e. The van der Waals surface area contributed by atoms with Gasteiger partial charge in [0.1, 0.15) is 36.3 Å². The van der Waals surface area contributed by atoms with Crippen molar-refractivity contribution in [3.8, 4) is 0 Å². The van der Waals surface area contributed by atoms with Gasteiger partial charge in [-0.05, 0) is 102 Å². The number of unbranched alkanes of at least 4 members (excludes halogenated alkanes) is 2. The number of nitrogens with zero attached hydrogens (tertiary/aromatic N) is 3. The van der Waals surface area contributed by atoms with Crippen LogP contribution in [0.2, 0.25) is 0 Å². The highest BCUT2D eigenvalue weighted by molar-refractivity contribution is 5.97. The molecule has 66 heavy (non-hydrogen) atoms. The second kappa shape index (κ2) is 33.5. The number of carbonyl (C=O) groups is 7. The molecule has 0 bridgehead atoms. The van der Waals surface area contributed by atoms with Crippen molar-refractivity contribution in [1.29, 1.82) is 0 Å². The van der Waals surface area contributed by atoms with E-state index in [0.29, 0.717) is 38.8 Å². The second-order valence-electron chi connectivity index (χ2n) is 16.6. The highest BCUT2D eigenvalue weighted by Gasteiger charge is 2.34. The first kappa shape index (κ1) is 60.0. The standard InChI is InChI=1S/C40H80N18O8/c1-22(2)29(43)35(63)55-24(12-5-7-17-41)31(59)53-26(14-9-19-50-38(44)45)32(60)54-27(15-10-20-51-39(46)47)34(62)58-30(23(3)4)36(64)56-25(13-6-8-18-42)33(61)57-28(37(65)66)16-11-21-52-40(48)49/h22-30H,5-21,41-43H2,1-4H3,(H,53,59)(H,54,60)(H,55,63)(H,56,64)(H,57,61)(H,58,62)(H,65,66)(H4,44,45,50)(H4,46,47,51)(H4,48,49,52)/t24-,25-,26-,27-,28-,29-,30-/m0/s1. The van der Waals surface area contributed by atoms with Gasteiger partial charge in [-0.25, -0.2) is 4.79 Å². The molecule has 7 atom stereocenters. The summed E-state index contributed by atoms with van der Waals surface area (Å²) in [6, 6.07) is -8.40. The molecule has 0 fully saturated rings. The summed E-state index contributed by atoms with van der Waals surface area (Å²) < 4.78 is 0. The van der Waals surface area contributed by atoms with Crippen LogP contribution >= 0.6 is 0 Å². The van der Waals surface area contributed by atoms with Crippen LogP contribution < -0.4 is 83.5 Å². The van der Waals surface area contributed by atoms with Crippen LogP contribution in [-0.2, 0) is 33.6 Å². The van der Waals surface area contributed by atoms with Crippen LogP contribution in [-0.4, -0.2) is 139 Å². The van der Waals surface area contributed by atoms with Crippen molar-refractivity contribution in [3.05, 3.63) is 0 Å². The summed E-state index contributed by atoms with van der Waals surface area (Å²) in [6.45, 7) is 7.75. The molecule has 0 spiro atoms. The van der Waals surface area contributed by atoms with Crippen molar-refractivity contribution >= 4 is 59.3 Å². The lowest BCUT2D eigenvalue weighted by Gasteiger charge is -2.29. The molecule has 0 aromatic rings. The summed E-state index contributed by atoms with van der Waals surface area (Å²) in [5, 5.41) is 25.7. The number of nitrogens with two attached hydrogens (primary N) is 9.